The van der Waals surface area contributed by atoms with Gasteiger partial charge in [-0.2, -0.15) is 0 Å². The van der Waals surface area contributed by atoms with E-state index >= 15 is 0 Å². The summed E-state index contributed by atoms with van der Waals surface area (Å²) in [5, 5.41) is 6.84. The molecule has 4 heterocycles. The van der Waals surface area contributed by atoms with E-state index < -0.39 is 0 Å². The number of fused-ring (bicyclic) bond motifs is 9. The molecule has 0 atom stereocenters. The molecule has 0 bridgehead atoms. The summed E-state index contributed by atoms with van der Waals surface area (Å²) in [5.74, 6) is 1.86. The highest BCUT2D eigenvalue weighted by Gasteiger charge is 2.21. The Kier molecular flexibility index (Phi) is 8.01. The van der Waals surface area contributed by atoms with Crippen LogP contribution in [0.1, 0.15) is 0 Å². The van der Waals surface area contributed by atoms with Crippen LogP contribution in [0, 0.1) is 0 Å². The first-order valence-corrected chi connectivity index (χ1v) is 21.9. The van der Waals surface area contributed by atoms with Gasteiger partial charge in [0, 0.05) is 64.1 Å². The van der Waals surface area contributed by atoms with Gasteiger partial charge in [-0.15, -0.1) is 11.3 Å². The molecule has 0 saturated carbocycles. The Hall–Kier alpha value is -8.19. The van der Waals surface area contributed by atoms with E-state index in [0.717, 1.165) is 65.7 Å². The summed E-state index contributed by atoms with van der Waals surface area (Å²) in [7, 11) is 0. The van der Waals surface area contributed by atoms with Gasteiger partial charge in [-0.3, -0.25) is 0 Å². The molecule has 0 amide bonds. The van der Waals surface area contributed by atoms with E-state index in [1.165, 1.54) is 42.9 Å². The average Bonchev–Trinajstić information content (AvgIpc) is 4.03. The molecule has 0 spiro atoms. The number of para-hydroxylation sites is 1. The van der Waals surface area contributed by atoms with Crippen LogP contribution >= 0.6 is 11.3 Å². The quantitative estimate of drug-likeness (QED) is 0.168. The lowest BCUT2D eigenvalue weighted by atomic mass is 9.99. The van der Waals surface area contributed by atoms with E-state index in [1.54, 1.807) is 11.3 Å². The molecule has 0 N–H and O–H groups in total. The molecule has 9 aromatic carbocycles. The first kappa shape index (κ1) is 35.6. The summed E-state index contributed by atoms with van der Waals surface area (Å²) in [6.07, 6.45) is 0. The van der Waals surface area contributed by atoms with Crippen molar-refractivity contribution < 1.29 is 4.42 Å². The van der Waals surface area contributed by atoms with E-state index in [0.29, 0.717) is 17.5 Å². The van der Waals surface area contributed by atoms with Crippen LogP contribution in [-0.2, 0) is 0 Å². The molecule has 0 fully saturated rings. The molecular weight excluding hydrogens is 789 g/mol. The lowest BCUT2D eigenvalue weighted by Crippen LogP contribution is -2.00. The molecule has 294 valence electrons. The van der Waals surface area contributed by atoms with Gasteiger partial charge in [0.05, 0.1) is 11.0 Å². The van der Waals surface area contributed by atoms with Crippen molar-refractivity contribution >= 4 is 75.3 Å². The molecular formula is C57H34N4OS. The Morgan fingerprint density at radius 1 is 0.365 bits per heavy atom. The lowest BCUT2D eigenvalue weighted by Gasteiger charge is -2.10. The largest absolute Gasteiger partial charge is 0.456 e. The lowest BCUT2D eigenvalue weighted by molar-refractivity contribution is 0.669. The second-order valence-corrected chi connectivity index (χ2v) is 17.0. The average molecular weight is 823 g/mol. The Morgan fingerprint density at radius 3 is 1.83 bits per heavy atom. The number of benzene rings is 9. The van der Waals surface area contributed by atoms with Crippen LogP contribution in [0.4, 0.5) is 0 Å². The molecule has 0 saturated heterocycles. The smallest absolute Gasteiger partial charge is 0.165 e. The predicted molar refractivity (Wildman–Crippen MR) is 262 cm³/mol. The molecule has 13 rings (SSSR count). The van der Waals surface area contributed by atoms with E-state index in [-0.39, 0.29) is 0 Å². The summed E-state index contributed by atoms with van der Waals surface area (Å²) in [5.41, 5.74) is 12.4. The van der Waals surface area contributed by atoms with Crippen molar-refractivity contribution in [3.05, 3.63) is 206 Å². The van der Waals surface area contributed by atoms with E-state index in [1.807, 2.05) is 30.3 Å². The highest BCUT2D eigenvalue weighted by molar-refractivity contribution is 7.26. The van der Waals surface area contributed by atoms with Gasteiger partial charge in [0.1, 0.15) is 11.2 Å². The number of hydrogen-bond acceptors (Lipinski definition) is 5. The van der Waals surface area contributed by atoms with E-state index in [9.17, 15) is 0 Å². The maximum absolute atomic E-state index is 6.59. The minimum absolute atomic E-state index is 0.597. The second-order valence-electron chi connectivity index (χ2n) is 15.9. The molecule has 5 nitrogen and oxygen atoms in total. The fourth-order valence-electron chi connectivity index (χ4n) is 9.32. The van der Waals surface area contributed by atoms with Gasteiger partial charge in [-0.05, 0) is 82.9 Å². The van der Waals surface area contributed by atoms with Crippen molar-refractivity contribution in [3.63, 3.8) is 0 Å². The molecule has 0 unspecified atom stereocenters. The summed E-state index contributed by atoms with van der Waals surface area (Å²) < 4.78 is 11.4. The van der Waals surface area contributed by atoms with Crippen LogP contribution in [0.15, 0.2) is 211 Å². The minimum Gasteiger partial charge on any atom is -0.456 e. The Morgan fingerprint density at radius 2 is 0.984 bits per heavy atom. The molecule has 6 heteroatoms. The van der Waals surface area contributed by atoms with Gasteiger partial charge in [0.2, 0.25) is 0 Å². The van der Waals surface area contributed by atoms with Crippen LogP contribution < -0.4 is 0 Å². The number of hydrogen-bond donors (Lipinski definition) is 0. The van der Waals surface area contributed by atoms with Crippen molar-refractivity contribution in [2.45, 2.75) is 0 Å². The molecule has 4 aromatic heterocycles. The second kappa shape index (κ2) is 14.2. The number of aromatic nitrogens is 4. The molecule has 0 aliphatic rings. The topological polar surface area (TPSA) is 56.7 Å². The third-order valence-electron chi connectivity index (χ3n) is 12.3. The zero-order valence-electron chi connectivity index (χ0n) is 33.7. The van der Waals surface area contributed by atoms with Gasteiger partial charge < -0.3 is 8.98 Å². The molecule has 0 aliphatic heterocycles. The summed E-state index contributed by atoms with van der Waals surface area (Å²) >= 11 is 1.78. The number of nitrogens with zero attached hydrogens (tertiary/aromatic N) is 4. The first-order chi connectivity index (χ1) is 31.2. The van der Waals surface area contributed by atoms with E-state index in [4.69, 9.17) is 19.4 Å². The maximum Gasteiger partial charge on any atom is 0.165 e. The number of furan rings is 1. The Bertz CT molecular complexity index is 3910. The van der Waals surface area contributed by atoms with Crippen LogP contribution in [-0.4, -0.2) is 19.5 Å². The van der Waals surface area contributed by atoms with Gasteiger partial charge in [-0.25, -0.2) is 15.0 Å². The van der Waals surface area contributed by atoms with Gasteiger partial charge in [-0.1, -0.05) is 146 Å². The third-order valence-corrected chi connectivity index (χ3v) is 13.5. The zero-order valence-corrected chi connectivity index (χ0v) is 34.6. The molecule has 63 heavy (non-hydrogen) atoms. The van der Waals surface area contributed by atoms with Crippen molar-refractivity contribution in [1.82, 2.24) is 19.5 Å². The van der Waals surface area contributed by atoms with Crippen molar-refractivity contribution in [3.8, 4) is 62.1 Å². The van der Waals surface area contributed by atoms with E-state index in [2.05, 4.69) is 180 Å². The molecule has 0 aliphatic carbocycles. The Balaban J connectivity index is 0.997. The zero-order chi connectivity index (χ0) is 41.4. The van der Waals surface area contributed by atoms with Gasteiger partial charge in [0.15, 0.2) is 17.5 Å². The highest BCUT2D eigenvalue weighted by Crippen LogP contribution is 2.43. The Labute approximate surface area is 365 Å². The standard InChI is InChI=1S/C57H34N4OS/c1-4-14-35(15-5-1)37-27-30-48-46(32-37)41-29-26-39(34-49(41)61(48)40-18-8-3-9-19-40)38-28-31-50-47(33-38)53-44(22-13-24-51(53)62-50)56-58-55(36-16-6-2-7-17-36)59-57(60-56)45-23-12-21-43-42-20-10-11-25-52(42)63-54(43)45/h1-34H. The van der Waals surface area contributed by atoms with Crippen molar-refractivity contribution in [1.29, 1.82) is 0 Å². The van der Waals surface area contributed by atoms with Crippen LogP contribution in [0.5, 0.6) is 0 Å². The summed E-state index contributed by atoms with van der Waals surface area (Å²) in [6.45, 7) is 0. The fraction of sp³-hybridized carbons (Fsp3) is 0. The van der Waals surface area contributed by atoms with Crippen molar-refractivity contribution in [2.24, 2.45) is 0 Å². The number of rotatable bonds is 6. The minimum atomic E-state index is 0.597. The molecule has 0 radical (unpaired) electrons. The SMILES string of the molecule is c1ccc(-c2ccc3c(c2)c2ccc(-c4ccc5oc6cccc(-c7nc(-c8ccccc8)nc(-c8cccc9c8sc8ccccc89)n7)c6c5c4)cc2n3-c2ccccc2)cc1. The van der Waals surface area contributed by atoms with Crippen LogP contribution in [0.3, 0.4) is 0 Å². The van der Waals surface area contributed by atoms with Crippen LogP contribution in [0.2, 0.25) is 0 Å². The summed E-state index contributed by atoms with van der Waals surface area (Å²) in [4.78, 5) is 15.6. The summed E-state index contributed by atoms with van der Waals surface area (Å²) in [6, 6.07) is 72.7. The predicted octanol–water partition coefficient (Wildman–Crippen LogP) is 15.6. The number of thiophene rings is 1. The normalized spacial score (nSPS) is 11.8. The third kappa shape index (κ3) is 5.80. The van der Waals surface area contributed by atoms with Gasteiger partial charge in [0.25, 0.3) is 0 Å². The highest BCUT2D eigenvalue weighted by atomic mass is 32.1. The first-order valence-electron chi connectivity index (χ1n) is 21.1. The molecule has 13 aromatic rings. The fourth-order valence-corrected chi connectivity index (χ4v) is 10.5. The monoisotopic (exact) mass is 822 g/mol. The van der Waals surface area contributed by atoms with Gasteiger partial charge >= 0.3 is 0 Å². The van der Waals surface area contributed by atoms with Crippen molar-refractivity contribution in [2.75, 3.05) is 0 Å². The van der Waals surface area contributed by atoms with Crippen LogP contribution in [0.25, 0.3) is 126 Å². The maximum atomic E-state index is 6.59.